The zero-order valence-electron chi connectivity index (χ0n) is 18.3. The molecule has 0 bridgehead atoms. The van der Waals surface area contributed by atoms with E-state index in [2.05, 4.69) is 9.80 Å². The third kappa shape index (κ3) is 9.32. The quantitative estimate of drug-likeness (QED) is 0.587. The number of ether oxygens (including phenoxy) is 2. The summed E-state index contributed by atoms with van der Waals surface area (Å²) in [6.45, 7) is 16.8. The Morgan fingerprint density at radius 1 is 0.643 bits per heavy atom. The predicted molar refractivity (Wildman–Crippen MR) is 110 cm³/mol. The van der Waals surface area contributed by atoms with Crippen molar-refractivity contribution in [3.8, 4) is 0 Å². The predicted octanol–water partition coefficient (Wildman–Crippen LogP) is 0.374. The summed E-state index contributed by atoms with van der Waals surface area (Å²) in [5.74, 6) is 0.302. The molecule has 0 unspecified atom stereocenters. The third-order valence-corrected chi connectivity index (χ3v) is 5.16. The number of hydrogen-bond acceptors (Lipinski definition) is 6. The van der Waals surface area contributed by atoms with Crippen LogP contribution in [0, 0.1) is 0 Å². The van der Waals surface area contributed by atoms with E-state index in [1.54, 1.807) is 0 Å². The van der Waals surface area contributed by atoms with Gasteiger partial charge in [-0.05, 0) is 27.7 Å². The molecule has 1 rings (SSSR count). The summed E-state index contributed by atoms with van der Waals surface area (Å²) in [5.41, 5.74) is 0. The van der Waals surface area contributed by atoms with E-state index in [0.717, 1.165) is 26.2 Å². The maximum absolute atomic E-state index is 12.4. The molecule has 0 aromatic carbocycles. The second-order valence-corrected chi connectivity index (χ2v) is 6.91. The van der Waals surface area contributed by atoms with Crippen molar-refractivity contribution in [3.05, 3.63) is 0 Å². The Bertz CT molecular complexity index is 390. The molecule has 0 aromatic rings. The van der Waals surface area contributed by atoms with Crippen LogP contribution in [0.1, 0.15) is 27.7 Å². The van der Waals surface area contributed by atoms with E-state index in [4.69, 9.17) is 9.47 Å². The number of rotatable bonds is 8. The van der Waals surface area contributed by atoms with Crippen molar-refractivity contribution < 1.29 is 19.1 Å². The van der Waals surface area contributed by atoms with E-state index >= 15 is 0 Å². The molecule has 0 aliphatic carbocycles. The summed E-state index contributed by atoms with van der Waals surface area (Å²) in [7, 11) is 0. The van der Waals surface area contributed by atoms with E-state index in [1.165, 1.54) is 0 Å². The van der Waals surface area contributed by atoms with Gasteiger partial charge in [-0.2, -0.15) is 0 Å². The molecule has 164 valence electrons. The van der Waals surface area contributed by atoms with Crippen molar-refractivity contribution >= 4 is 11.8 Å². The van der Waals surface area contributed by atoms with Crippen molar-refractivity contribution in [2.24, 2.45) is 0 Å². The van der Waals surface area contributed by atoms with Crippen LogP contribution in [0.5, 0.6) is 0 Å². The summed E-state index contributed by atoms with van der Waals surface area (Å²) < 4.78 is 11.6. The van der Waals surface area contributed by atoms with Gasteiger partial charge in [0.1, 0.15) is 0 Å². The van der Waals surface area contributed by atoms with Gasteiger partial charge in [-0.15, -0.1) is 0 Å². The van der Waals surface area contributed by atoms with Crippen LogP contribution in [0.25, 0.3) is 0 Å². The maximum atomic E-state index is 12.4. The Labute approximate surface area is 170 Å². The molecule has 0 saturated carbocycles. The number of nitrogens with zero attached hydrogens (tertiary/aromatic N) is 4. The van der Waals surface area contributed by atoms with Crippen LogP contribution in [0.15, 0.2) is 0 Å². The SMILES string of the molecule is CCN(CC)C(=O)CN1CCOCCN(CC(=O)N(CC)CC)CCOCC1. The molecule has 1 saturated heterocycles. The minimum atomic E-state index is 0.151. The first-order chi connectivity index (χ1) is 13.5. The fourth-order valence-electron chi connectivity index (χ4n) is 3.25. The van der Waals surface area contributed by atoms with Gasteiger partial charge in [0, 0.05) is 52.4 Å². The van der Waals surface area contributed by atoms with E-state index in [-0.39, 0.29) is 11.8 Å². The lowest BCUT2D eigenvalue weighted by Gasteiger charge is -2.28. The summed E-state index contributed by atoms with van der Waals surface area (Å²) in [6.07, 6.45) is 0. The lowest BCUT2D eigenvalue weighted by atomic mass is 10.3. The first-order valence-electron chi connectivity index (χ1n) is 10.7. The fourth-order valence-corrected chi connectivity index (χ4v) is 3.25. The molecule has 8 heteroatoms. The van der Waals surface area contributed by atoms with Crippen LogP contribution < -0.4 is 0 Å². The first-order valence-corrected chi connectivity index (χ1v) is 10.7. The van der Waals surface area contributed by atoms with Crippen LogP contribution in [-0.2, 0) is 19.1 Å². The summed E-state index contributed by atoms with van der Waals surface area (Å²) in [5, 5.41) is 0. The minimum Gasteiger partial charge on any atom is -0.379 e. The number of carbonyl (C=O) groups excluding carboxylic acids is 2. The zero-order valence-corrected chi connectivity index (χ0v) is 18.3. The molecule has 1 fully saturated rings. The Hall–Kier alpha value is -1.22. The van der Waals surface area contributed by atoms with Crippen molar-refractivity contribution in [1.82, 2.24) is 19.6 Å². The van der Waals surface area contributed by atoms with E-state index < -0.39 is 0 Å². The van der Waals surface area contributed by atoms with Crippen molar-refractivity contribution in [3.63, 3.8) is 0 Å². The van der Waals surface area contributed by atoms with Crippen LogP contribution in [-0.4, -0.2) is 123 Å². The van der Waals surface area contributed by atoms with E-state index in [1.807, 2.05) is 37.5 Å². The molecule has 0 aromatic heterocycles. The van der Waals surface area contributed by atoms with E-state index in [0.29, 0.717) is 65.7 Å². The highest BCUT2D eigenvalue weighted by atomic mass is 16.5. The van der Waals surface area contributed by atoms with Gasteiger partial charge >= 0.3 is 0 Å². The van der Waals surface area contributed by atoms with Gasteiger partial charge in [0.05, 0.1) is 39.5 Å². The molecule has 0 spiro atoms. The third-order valence-electron chi connectivity index (χ3n) is 5.16. The average molecular weight is 401 g/mol. The number of likely N-dealkylation sites (N-methyl/N-ethyl adjacent to an activating group) is 2. The van der Waals surface area contributed by atoms with Gasteiger partial charge in [0.2, 0.25) is 11.8 Å². The van der Waals surface area contributed by atoms with Gasteiger partial charge in [-0.3, -0.25) is 19.4 Å². The molecule has 1 aliphatic rings. The Kier molecular flexibility index (Phi) is 13.1. The molecule has 1 heterocycles. The summed E-state index contributed by atoms with van der Waals surface area (Å²) >= 11 is 0. The highest BCUT2D eigenvalue weighted by molar-refractivity contribution is 5.78. The fraction of sp³-hybridized carbons (Fsp3) is 0.900. The average Bonchev–Trinajstić information content (AvgIpc) is 2.67. The standard InChI is InChI=1S/C20H40N4O4/c1-5-23(6-2)19(25)17-21-9-13-27-15-11-22(12-16-28-14-10-21)18-20(26)24(7-3)8-4/h5-18H2,1-4H3. The highest BCUT2D eigenvalue weighted by Gasteiger charge is 2.17. The summed E-state index contributed by atoms with van der Waals surface area (Å²) in [4.78, 5) is 32.6. The molecular formula is C20H40N4O4. The lowest BCUT2D eigenvalue weighted by Crippen LogP contribution is -2.44. The van der Waals surface area contributed by atoms with E-state index in [9.17, 15) is 9.59 Å². The lowest BCUT2D eigenvalue weighted by molar-refractivity contribution is -0.132. The molecule has 0 atom stereocenters. The molecule has 0 N–H and O–H groups in total. The van der Waals surface area contributed by atoms with Crippen molar-refractivity contribution in [2.45, 2.75) is 27.7 Å². The van der Waals surface area contributed by atoms with Gasteiger partial charge in [-0.25, -0.2) is 0 Å². The molecule has 0 radical (unpaired) electrons. The number of hydrogen-bond donors (Lipinski definition) is 0. The Morgan fingerprint density at radius 2 is 0.929 bits per heavy atom. The molecular weight excluding hydrogens is 360 g/mol. The number of carbonyl (C=O) groups is 2. The zero-order chi connectivity index (χ0) is 20.8. The number of amides is 2. The topological polar surface area (TPSA) is 65.6 Å². The van der Waals surface area contributed by atoms with Gasteiger partial charge in [0.15, 0.2) is 0 Å². The van der Waals surface area contributed by atoms with Gasteiger partial charge < -0.3 is 19.3 Å². The van der Waals surface area contributed by atoms with Crippen LogP contribution in [0.4, 0.5) is 0 Å². The maximum Gasteiger partial charge on any atom is 0.236 e. The molecule has 28 heavy (non-hydrogen) atoms. The monoisotopic (exact) mass is 400 g/mol. The van der Waals surface area contributed by atoms with Crippen LogP contribution in [0.2, 0.25) is 0 Å². The van der Waals surface area contributed by atoms with Gasteiger partial charge in [-0.1, -0.05) is 0 Å². The highest BCUT2D eigenvalue weighted by Crippen LogP contribution is 1.99. The van der Waals surface area contributed by atoms with Crippen molar-refractivity contribution in [2.75, 3.05) is 91.9 Å². The van der Waals surface area contributed by atoms with Gasteiger partial charge in [0.25, 0.3) is 0 Å². The Morgan fingerprint density at radius 3 is 1.18 bits per heavy atom. The smallest absolute Gasteiger partial charge is 0.236 e. The summed E-state index contributed by atoms with van der Waals surface area (Å²) in [6, 6.07) is 0. The second-order valence-electron chi connectivity index (χ2n) is 6.91. The molecule has 2 amide bonds. The first kappa shape index (κ1) is 24.8. The largest absolute Gasteiger partial charge is 0.379 e. The normalized spacial score (nSPS) is 18.1. The Balaban J connectivity index is 2.48. The van der Waals surface area contributed by atoms with Crippen molar-refractivity contribution in [1.29, 1.82) is 0 Å². The van der Waals surface area contributed by atoms with Crippen LogP contribution >= 0.6 is 0 Å². The second kappa shape index (κ2) is 14.7. The molecule has 1 aliphatic heterocycles. The molecule has 8 nitrogen and oxygen atoms in total. The van der Waals surface area contributed by atoms with Crippen LogP contribution in [0.3, 0.4) is 0 Å². The minimum absolute atomic E-state index is 0.151.